The normalized spacial score (nSPS) is 11.8. The van der Waals surface area contributed by atoms with Crippen LogP contribution in [-0.4, -0.2) is 44.2 Å². The van der Waals surface area contributed by atoms with Crippen LogP contribution in [0.5, 0.6) is 0 Å². The van der Waals surface area contributed by atoms with Gasteiger partial charge >= 0.3 is 0 Å². The number of imidazole rings is 1. The van der Waals surface area contributed by atoms with Gasteiger partial charge in [-0.2, -0.15) is 5.10 Å². The Morgan fingerprint density at radius 2 is 1.89 bits per heavy atom. The molecule has 5 rings (SSSR count). The summed E-state index contributed by atoms with van der Waals surface area (Å²) in [5.74, 6) is 0.314. The largest absolute Gasteiger partial charge is 0.376 e. The van der Waals surface area contributed by atoms with Crippen LogP contribution in [0.15, 0.2) is 67.7 Å². The van der Waals surface area contributed by atoms with E-state index < -0.39 is 0 Å². The summed E-state index contributed by atoms with van der Waals surface area (Å²) >= 11 is 0. The minimum absolute atomic E-state index is 0.292. The van der Waals surface area contributed by atoms with Gasteiger partial charge < -0.3 is 9.88 Å². The minimum atomic E-state index is -0.292. The second-order valence-corrected chi connectivity index (χ2v) is 8.91. The van der Waals surface area contributed by atoms with E-state index in [0.29, 0.717) is 17.2 Å². The fraction of sp³-hybridized carbons (Fsp3) is 0.143. The van der Waals surface area contributed by atoms with E-state index in [0.717, 1.165) is 50.2 Å². The summed E-state index contributed by atoms with van der Waals surface area (Å²) < 4.78 is 14.2. The van der Waals surface area contributed by atoms with Crippen molar-refractivity contribution in [2.45, 2.75) is 13.8 Å². The molecule has 8 heteroatoms. The van der Waals surface area contributed by atoms with E-state index in [9.17, 15) is 4.39 Å². The van der Waals surface area contributed by atoms with Crippen LogP contribution >= 0.6 is 0 Å². The Kier molecular flexibility index (Phi) is 5.93. The Hall–Kier alpha value is -4.59. The zero-order valence-corrected chi connectivity index (χ0v) is 20.6. The molecule has 36 heavy (non-hydrogen) atoms. The lowest BCUT2D eigenvalue weighted by Crippen LogP contribution is -2.08. The molecule has 0 aliphatic rings. The van der Waals surface area contributed by atoms with Crippen molar-refractivity contribution in [1.82, 2.24) is 30.1 Å². The number of fused-ring (bicyclic) bond motifs is 1. The highest BCUT2D eigenvalue weighted by Gasteiger charge is 2.19. The summed E-state index contributed by atoms with van der Waals surface area (Å²) in [5, 5.41) is 8.45. The lowest BCUT2D eigenvalue weighted by Gasteiger charge is -2.12. The smallest absolute Gasteiger partial charge is 0.159 e. The molecule has 2 N–H and O–H groups in total. The Bertz CT molecular complexity index is 1600. The molecule has 4 aromatic heterocycles. The molecule has 4 heterocycles. The number of hydrogen-bond acceptors (Lipinski definition) is 5. The third kappa shape index (κ3) is 4.29. The molecule has 0 unspecified atom stereocenters. The zero-order chi connectivity index (χ0) is 25.4. The van der Waals surface area contributed by atoms with Crippen LogP contribution in [0, 0.1) is 19.7 Å². The van der Waals surface area contributed by atoms with Crippen molar-refractivity contribution in [2.24, 2.45) is 0 Å². The Morgan fingerprint density at radius 1 is 1.06 bits per heavy atom. The van der Waals surface area contributed by atoms with Crippen molar-refractivity contribution < 1.29 is 4.39 Å². The predicted molar refractivity (Wildman–Crippen MR) is 142 cm³/mol. The number of aryl methyl sites for hydroxylation is 2. The number of aromatic nitrogens is 6. The standard InChI is InChI=1S/C28H26FN7/c1-6-7-22(18-8-16(2)9-20(29)10-18)26-17(3)32-28(33-26)27-23-12-24(31-15-25(23)34-35-27)19-11-21(36(4)5)14-30-13-19/h6-15H,1H2,2-5H3,(H,32,33)(H,34,35)/b22-7-. The van der Waals surface area contributed by atoms with Gasteiger partial charge in [-0.15, -0.1) is 0 Å². The van der Waals surface area contributed by atoms with E-state index in [1.54, 1.807) is 18.5 Å². The van der Waals surface area contributed by atoms with Crippen LogP contribution in [0.1, 0.15) is 22.5 Å². The number of halogens is 1. The molecule has 5 aromatic rings. The summed E-state index contributed by atoms with van der Waals surface area (Å²) in [6, 6.07) is 8.98. The maximum absolute atomic E-state index is 14.2. The van der Waals surface area contributed by atoms with E-state index in [4.69, 9.17) is 4.98 Å². The summed E-state index contributed by atoms with van der Waals surface area (Å²) in [6.45, 7) is 7.65. The number of hydrogen-bond donors (Lipinski definition) is 2. The number of anilines is 1. The van der Waals surface area contributed by atoms with Crippen molar-refractivity contribution in [1.29, 1.82) is 0 Å². The first kappa shape index (κ1) is 23.2. The minimum Gasteiger partial charge on any atom is -0.376 e. The molecule has 0 fully saturated rings. The predicted octanol–water partition coefficient (Wildman–Crippen LogP) is 5.85. The van der Waals surface area contributed by atoms with Crippen LogP contribution < -0.4 is 4.90 Å². The van der Waals surface area contributed by atoms with Gasteiger partial charge in [0.2, 0.25) is 0 Å². The Morgan fingerprint density at radius 3 is 2.64 bits per heavy atom. The molecular weight excluding hydrogens is 453 g/mol. The molecular formula is C28H26FN7. The van der Waals surface area contributed by atoms with Gasteiger partial charge in [-0.1, -0.05) is 24.8 Å². The first-order valence-corrected chi connectivity index (χ1v) is 11.5. The third-order valence-electron chi connectivity index (χ3n) is 5.98. The van der Waals surface area contributed by atoms with E-state index in [1.165, 1.54) is 12.1 Å². The maximum atomic E-state index is 14.2. The van der Waals surface area contributed by atoms with Gasteiger partial charge in [-0.25, -0.2) is 9.37 Å². The third-order valence-corrected chi connectivity index (χ3v) is 5.98. The number of benzene rings is 1. The number of pyridine rings is 2. The lowest BCUT2D eigenvalue weighted by molar-refractivity contribution is 0.626. The van der Waals surface area contributed by atoms with Crippen LogP contribution in [0.4, 0.5) is 10.1 Å². The van der Waals surface area contributed by atoms with Crippen molar-refractivity contribution in [3.63, 3.8) is 0 Å². The van der Waals surface area contributed by atoms with Crippen molar-refractivity contribution in [2.75, 3.05) is 19.0 Å². The molecule has 180 valence electrons. The Balaban J connectivity index is 1.60. The summed E-state index contributed by atoms with van der Waals surface area (Å²) in [6.07, 6.45) is 8.90. The van der Waals surface area contributed by atoms with E-state index in [2.05, 4.69) is 31.7 Å². The highest BCUT2D eigenvalue weighted by Crippen LogP contribution is 2.32. The molecule has 7 nitrogen and oxygen atoms in total. The first-order chi connectivity index (χ1) is 17.3. The fourth-order valence-corrected chi connectivity index (χ4v) is 4.22. The van der Waals surface area contributed by atoms with Gasteiger partial charge in [-0.05, 0) is 49.2 Å². The van der Waals surface area contributed by atoms with Crippen LogP contribution in [0.2, 0.25) is 0 Å². The molecule has 0 atom stereocenters. The van der Waals surface area contributed by atoms with Gasteiger partial charge in [0.1, 0.15) is 11.5 Å². The van der Waals surface area contributed by atoms with Gasteiger partial charge in [0.15, 0.2) is 5.82 Å². The van der Waals surface area contributed by atoms with Crippen LogP contribution in [0.25, 0.3) is 39.3 Å². The monoisotopic (exact) mass is 479 g/mol. The van der Waals surface area contributed by atoms with Crippen molar-refractivity contribution >= 4 is 22.2 Å². The molecule has 0 aliphatic carbocycles. The number of rotatable bonds is 6. The molecule has 0 amide bonds. The quantitative estimate of drug-likeness (QED) is 0.298. The number of nitrogens with zero attached hydrogens (tertiary/aromatic N) is 5. The summed E-state index contributed by atoms with van der Waals surface area (Å²) in [4.78, 5) is 19.2. The van der Waals surface area contributed by atoms with Crippen molar-refractivity contribution in [3.8, 4) is 22.8 Å². The number of nitrogens with one attached hydrogen (secondary N) is 2. The average Bonchev–Trinajstić information content (AvgIpc) is 3.44. The van der Waals surface area contributed by atoms with Crippen molar-refractivity contribution in [3.05, 3.63) is 96.0 Å². The zero-order valence-electron chi connectivity index (χ0n) is 20.6. The Labute approximate surface area is 208 Å². The molecule has 0 saturated carbocycles. The molecule has 1 aromatic carbocycles. The molecule has 0 radical (unpaired) electrons. The van der Waals surface area contributed by atoms with Gasteiger partial charge in [0, 0.05) is 42.5 Å². The van der Waals surface area contributed by atoms with E-state index in [-0.39, 0.29) is 5.82 Å². The van der Waals surface area contributed by atoms with E-state index >= 15 is 0 Å². The topological polar surface area (TPSA) is 86.4 Å². The summed E-state index contributed by atoms with van der Waals surface area (Å²) in [5.41, 5.74) is 8.05. The van der Waals surface area contributed by atoms with Gasteiger partial charge in [0.25, 0.3) is 0 Å². The lowest BCUT2D eigenvalue weighted by atomic mass is 9.99. The number of H-pyrrole nitrogens is 2. The molecule has 0 spiro atoms. The number of allylic oxidation sites excluding steroid dienone is 2. The van der Waals surface area contributed by atoms with E-state index in [1.807, 2.05) is 63.3 Å². The average molecular weight is 480 g/mol. The van der Waals surface area contributed by atoms with Crippen LogP contribution in [-0.2, 0) is 0 Å². The molecule has 0 bridgehead atoms. The van der Waals surface area contributed by atoms with Gasteiger partial charge in [-0.3, -0.25) is 15.1 Å². The fourth-order valence-electron chi connectivity index (χ4n) is 4.22. The maximum Gasteiger partial charge on any atom is 0.159 e. The SMILES string of the molecule is C=C/C=C(/c1cc(C)cc(F)c1)c1nc(-c2n[nH]c3cnc(-c4cncc(N(C)C)c4)cc23)[nH]c1C. The molecule has 0 saturated heterocycles. The summed E-state index contributed by atoms with van der Waals surface area (Å²) in [7, 11) is 3.95. The van der Waals surface area contributed by atoms with Gasteiger partial charge in [0.05, 0.1) is 35.0 Å². The highest BCUT2D eigenvalue weighted by atomic mass is 19.1. The highest BCUT2D eigenvalue weighted by molar-refractivity contribution is 5.93. The van der Waals surface area contributed by atoms with Crippen LogP contribution in [0.3, 0.4) is 0 Å². The first-order valence-electron chi connectivity index (χ1n) is 11.5. The second-order valence-electron chi connectivity index (χ2n) is 8.91. The second kappa shape index (κ2) is 9.22. The molecule has 0 aliphatic heterocycles. The number of aromatic amines is 2.